The topological polar surface area (TPSA) is 70.5 Å². The van der Waals surface area contributed by atoms with Crippen molar-refractivity contribution in [1.82, 2.24) is 9.88 Å². The molecule has 0 radical (unpaired) electrons. The van der Waals surface area contributed by atoms with E-state index >= 15 is 0 Å². The molecule has 1 fully saturated rings. The first-order valence-corrected chi connectivity index (χ1v) is 6.36. The van der Waals surface area contributed by atoms with Crippen LogP contribution < -0.4 is 0 Å². The molecule has 5 nitrogen and oxygen atoms in total. The highest BCUT2D eigenvalue weighted by Crippen LogP contribution is 2.27. The van der Waals surface area contributed by atoms with Crippen LogP contribution in [-0.4, -0.2) is 39.5 Å². The molecule has 17 heavy (non-hydrogen) atoms. The monoisotopic (exact) mass is 254 g/mol. The molecular formula is C11H14N2O3S. The molecule has 0 saturated heterocycles. The van der Waals surface area contributed by atoms with Crippen LogP contribution in [0, 0.1) is 6.92 Å². The van der Waals surface area contributed by atoms with Crippen LogP contribution in [0.15, 0.2) is 5.38 Å². The Morgan fingerprint density at radius 2 is 2.29 bits per heavy atom. The van der Waals surface area contributed by atoms with Gasteiger partial charge < -0.3 is 10.0 Å². The summed E-state index contributed by atoms with van der Waals surface area (Å²) in [6.07, 6.45) is 2.03. The van der Waals surface area contributed by atoms with Gasteiger partial charge in [0, 0.05) is 11.4 Å². The first-order chi connectivity index (χ1) is 8.06. The smallest absolute Gasteiger partial charge is 0.323 e. The van der Waals surface area contributed by atoms with E-state index in [1.54, 1.807) is 0 Å². The van der Waals surface area contributed by atoms with E-state index in [4.69, 9.17) is 5.11 Å². The van der Waals surface area contributed by atoms with Gasteiger partial charge in [-0.05, 0) is 19.8 Å². The second-order valence-corrected chi connectivity index (χ2v) is 5.24. The average molecular weight is 254 g/mol. The summed E-state index contributed by atoms with van der Waals surface area (Å²) in [5, 5.41) is 11.5. The van der Waals surface area contributed by atoms with Crippen LogP contribution in [0.5, 0.6) is 0 Å². The molecule has 1 N–H and O–H groups in total. The lowest BCUT2D eigenvalue weighted by Crippen LogP contribution is -2.38. The zero-order valence-electron chi connectivity index (χ0n) is 9.55. The molecule has 92 valence electrons. The van der Waals surface area contributed by atoms with Gasteiger partial charge in [-0.15, -0.1) is 11.3 Å². The van der Waals surface area contributed by atoms with Crippen molar-refractivity contribution in [3.05, 3.63) is 16.1 Å². The molecule has 0 aromatic carbocycles. The van der Waals surface area contributed by atoms with Crippen molar-refractivity contribution in [2.45, 2.75) is 32.2 Å². The molecule has 1 aromatic rings. The molecule has 1 amide bonds. The Morgan fingerprint density at radius 3 is 2.76 bits per heavy atom. The van der Waals surface area contributed by atoms with E-state index in [1.165, 1.54) is 16.2 Å². The van der Waals surface area contributed by atoms with Crippen LogP contribution in [0.3, 0.4) is 0 Å². The van der Waals surface area contributed by atoms with Gasteiger partial charge >= 0.3 is 5.97 Å². The first kappa shape index (κ1) is 12.0. The van der Waals surface area contributed by atoms with E-state index in [1.807, 2.05) is 12.3 Å². The highest BCUT2D eigenvalue weighted by molar-refractivity contribution is 7.09. The van der Waals surface area contributed by atoms with Crippen LogP contribution in [0.4, 0.5) is 0 Å². The van der Waals surface area contributed by atoms with Gasteiger partial charge in [-0.3, -0.25) is 9.59 Å². The molecule has 1 aliphatic rings. The number of carboxylic acid groups (broad SMARTS) is 1. The van der Waals surface area contributed by atoms with Crippen molar-refractivity contribution in [3.63, 3.8) is 0 Å². The van der Waals surface area contributed by atoms with Gasteiger partial charge in [0.15, 0.2) is 0 Å². The molecule has 0 spiro atoms. The largest absolute Gasteiger partial charge is 0.480 e. The number of amides is 1. The lowest BCUT2D eigenvalue weighted by Gasteiger charge is -2.19. The summed E-state index contributed by atoms with van der Waals surface area (Å²) in [4.78, 5) is 28.3. The fourth-order valence-corrected chi connectivity index (χ4v) is 2.31. The van der Waals surface area contributed by atoms with E-state index in [0.29, 0.717) is 0 Å². The number of hydrogen-bond acceptors (Lipinski definition) is 4. The van der Waals surface area contributed by atoms with Gasteiger partial charge in [0.2, 0.25) is 5.91 Å². The van der Waals surface area contributed by atoms with Gasteiger partial charge in [-0.1, -0.05) is 0 Å². The third-order valence-electron chi connectivity index (χ3n) is 2.61. The number of carboxylic acids is 1. The average Bonchev–Trinajstić information content (AvgIpc) is 3.00. The van der Waals surface area contributed by atoms with Crippen molar-refractivity contribution < 1.29 is 14.7 Å². The molecule has 1 heterocycles. The first-order valence-electron chi connectivity index (χ1n) is 5.48. The summed E-state index contributed by atoms with van der Waals surface area (Å²) in [5.74, 6) is -1.10. The third-order valence-corrected chi connectivity index (χ3v) is 3.43. The number of nitrogens with zero attached hydrogens (tertiary/aromatic N) is 2. The van der Waals surface area contributed by atoms with Crippen LogP contribution in [0.25, 0.3) is 0 Å². The number of carbonyl (C=O) groups excluding carboxylic acids is 1. The number of aryl methyl sites for hydroxylation is 1. The van der Waals surface area contributed by atoms with Crippen molar-refractivity contribution in [1.29, 1.82) is 0 Å². The number of aliphatic carboxylic acids is 1. The van der Waals surface area contributed by atoms with Crippen LogP contribution in [-0.2, 0) is 16.0 Å². The van der Waals surface area contributed by atoms with Gasteiger partial charge in [-0.2, -0.15) is 0 Å². The number of carbonyl (C=O) groups is 2. The summed E-state index contributed by atoms with van der Waals surface area (Å²) in [6.45, 7) is 1.68. The molecule has 0 atom stereocenters. The fraction of sp³-hybridized carbons (Fsp3) is 0.545. The highest BCUT2D eigenvalue weighted by atomic mass is 32.1. The van der Waals surface area contributed by atoms with E-state index in [2.05, 4.69) is 4.98 Å². The zero-order chi connectivity index (χ0) is 12.4. The Labute approximate surface area is 103 Å². The maximum absolute atomic E-state index is 12.0. The van der Waals surface area contributed by atoms with E-state index < -0.39 is 5.97 Å². The molecule has 6 heteroatoms. The van der Waals surface area contributed by atoms with Crippen molar-refractivity contribution >= 4 is 23.2 Å². The summed E-state index contributed by atoms with van der Waals surface area (Å²) in [5.41, 5.74) is 0.730. The normalized spacial score (nSPS) is 14.6. The summed E-state index contributed by atoms with van der Waals surface area (Å²) < 4.78 is 0. The van der Waals surface area contributed by atoms with Crippen molar-refractivity contribution in [3.8, 4) is 0 Å². The zero-order valence-corrected chi connectivity index (χ0v) is 10.4. The van der Waals surface area contributed by atoms with Crippen LogP contribution in [0.2, 0.25) is 0 Å². The number of hydrogen-bond donors (Lipinski definition) is 1. The second-order valence-electron chi connectivity index (χ2n) is 4.18. The van der Waals surface area contributed by atoms with Crippen LogP contribution >= 0.6 is 11.3 Å². The molecular weight excluding hydrogens is 240 g/mol. The Hall–Kier alpha value is -1.43. The minimum absolute atomic E-state index is 0.123. The van der Waals surface area contributed by atoms with Crippen LogP contribution in [0.1, 0.15) is 23.5 Å². The van der Waals surface area contributed by atoms with Gasteiger partial charge in [0.25, 0.3) is 0 Å². The van der Waals surface area contributed by atoms with Crippen molar-refractivity contribution in [2.75, 3.05) is 6.54 Å². The molecule has 0 aliphatic heterocycles. The Balaban J connectivity index is 1.98. The standard InChI is InChI=1S/C11H14N2O3S/c1-7-12-8(6-17-7)4-10(14)13(5-11(15)16)9-2-3-9/h6,9H,2-5H2,1H3,(H,15,16). The number of aromatic nitrogens is 1. The van der Waals surface area contributed by atoms with Gasteiger partial charge in [0.05, 0.1) is 17.1 Å². The predicted molar refractivity (Wildman–Crippen MR) is 62.9 cm³/mol. The molecule has 1 aromatic heterocycles. The molecule has 1 saturated carbocycles. The Kier molecular flexibility index (Phi) is 3.42. The summed E-state index contributed by atoms with van der Waals surface area (Å²) >= 11 is 1.50. The molecule has 2 rings (SSSR count). The van der Waals surface area contributed by atoms with Gasteiger partial charge in [0.1, 0.15) is 6.54 Å². The van der Waals surface area contributed by atoms with E-state index in [0.717, 1.165) is 23.5 Å². The fourth-order valence-electron chi connectivity index (χ4n) is 1.70. The van der Waals surface area contributed by atoms with E-state index in [-0.39, 0.29) is 24.9 Å². The SMILES string of the molecule is Cc1nc(CC(=O)N(CC(=O)O)C2CC2)cs1. The van der Waals surface area contributed by atoms with Gasteiger partial charge in [-0.25, -0.2) is 4.98 Å². The summed E-state index contributed by atoms with van der Waals surface area (Å²) in [6, 6.07) is 0.123. The Bertz CT molecular complexity index is 440. The molecule has 1 aliphatic carbocycles. The third kappa shape index (κ3) is 3.26. The maximum atomic E-state index is 12.0. The maximum Gasteiger partial charge on any atom is 0.323 e. The number of rotatable bonds is 5. The Morgan fingerprint density at radius 1 is 1.59 bits per heavy atom. The molecule has 0 unspecified atom stereocenters. The summed E-state index contributed by atoms with van der Waals surface area (Å²) in [7, 11) is 0. The minimum atomic E-state index is -0.959. The second kappa shape index (κ2) is 4.83. The quantitative estimate of drug-likeness (QED) is 0.853. The predicted octanol–water partition coefficient (Wildman–Crippen LogP) is 1.07. The lowest BCUT2D eigenvalue weighted by molar-refractivity contribution is -0.144. The van der Waals surface area contributed by atoms with E-state index in [9.17, 15) is 9.59 Å². The van der Waals surface area contributed by atoms with Crippen molar-refractivity contribution in [2.24, 2.45) is 0 Å². The lowest BCUT2D eigenvalue weighted by atomic mass is 10.3. The minimum Gasteiger partial charge on any atom is -0.480 e. The highest BCUT2D eigenvalue weighted by Gasteiger charge is 2.33. The number of thiazole rings is 1. The molecule has 0 bridgehead atoms.